The molecule has 1 aliphatic rings. The number of esters is 1. The van der Waals surface area contributed by atoms with E-state index in [2.05, 4.69) is 0 Å². The number of morpholine rings is 1. The Bertz CT molecular complexity index is 587. The average molecular weight is 343 g/mol. The Morgan fingerprint density at radius 2 is 2.13 bits per heavy atom. The summed E-state index contributed by atoms with van der Waals surface area (Å²) in [5, 5.41) is 11.6. The predicted octanol–water partition coefficient (Wildman–Crippen LogP) is 3.04. The van der Waals surface area contributed by atoms with Crippen LogP contribution in [0, 0.1) is 10.1 Å². The summed E-state index contributed by atoms with van der Waals surface area (Å²) < 4.78 is 10.3. The molecule has 2 rings (SSSR count). The summed E-state index contributed by atoms with van der Waals surface area (Å²) in [6.45, 7) is 4.25. The number of hydrogen-bond donors (Lipinski definition) is 0. The minimum atomic E-state index is -0.600. The molecule has 1 saturated heterocycles. The summed E-state index contributed by atoms with van der Waals surface area (Å²) in [4.78, 5) is 24.7. The second kappa shape index (κ2) is 8.12. The van der Waals surface area contributed by atoms with E-state index in [1.807, 2.05) is 6.92 Å². The second-order valence-electron chi connectivity index (χ2n) is 5.17. The lowest BCUT2D eigenvalue weighted by Crippen LogP contribution is -2.36. The van der Waals surface area contributed by atoms with E-state index in [0.717, 1.165) is 12.8 Å². The minimum absolute atomic E-state index is 0.0924. The Morgan fingerprint density at radius 3 is 2.74 bits per heavy atom. The Hall–Kier alpha value is -1.86. The van der Waals surface area contributed by atoms with Crippen LogP contribution in [-0.4, -0.2) is 43.8 Å². The lowest BCUT2D eigenvalue weighted by atomic mass is 10.1. The first-order valence-electron chi connectivity index (χ1n) is 7.52. The molecule has 126 valence electrons. The molecule has 1 aromatic carbocycles. The van der Waals surface area contributed by atoms with Gasteiger partial charge in [0, 0.05) is 19.2 Å². The van der Waals surface area contributed by atoms with E-state index in [1.165, 1.54) is 12.1 Å². The van der Waals surface area contributed by atoms with Crippen molar-refractivity contribution in [1.29, 1.82) is 0 Å². The maximum absolute atomic E-state index is 12.0. The van der Waals surface area contributed by atoms with Crippen LogP contribution in [0.25, 0.3) is 0 Å². The summed E-state index contributed by atoms with van der Waals surface area (Å²) in [7, 11) is 0. The van der Waals surface area contributed by atoms with Crippen LogP contribution in [0.5, 0.6) is 0 Å². The fourth-order valence-electron chi connectivity index (χ4n) is 2.33. The van der Waals surface area contributed by atoms with E-state index in [0.29, 0.717) is 32.0 Å². The smallest absolute Gasteiger partial charge is 0.338 e. The van der Waals surface area contributed by atoms with E-state index < -0.39 is 10.9 Å². The lowest BCUT2D eigenvalue weighted by Gasteiger charge is -2.29. The first-order chi connectivity index (χ1) is 11.0. The van der Waals surface area contributed by atoms with Gasteiger partial charge in [-0.3, -0.25) is 10.1 Å². The van der Waals surface area contributed by atoms with E-state index in [9.17, 15) is 14.9 Å². The van der Waals surface area contributed by atoms with Crippen molar-refractivity contribution in [2.24, 2.45) is 0 Å². The van der Waals surface area contributed by atoms with E-state index in [-0.39, 0.29) is 22.9 Å². The number of halogens is 1. The standard InChI is InChI=1S/C15H19ClN2O5/c1-2-3-6-23-15(19)11-9-12(16)14(13(10-11)18(20)21)17-4-7-22-8-5-17/h9-10H,2-8H2,1H3. The summed E-state index contributed by atoms with van der Waals surface area (Å²) >= 11 is 6.22. The fraction of sp³-hybridized carbons (Fsp3) is 0.533. The van der Waals surface area contributed by atoms with Crippen molar-refractivity contribution in [2.45, 2.75) is 19.8 Å². The number of unbranched alkanes of at least 4 members (excludes halogenated alkanes) is 1. The van der Waals surface area contributed by atoms with E-state index in [4.69, 9.17) is 21.1 Å². The first kappa shape index (κ1) is 17.5. The monoisotopic (exact) mass is 342 g/mol. The number of ether oxygens (including phenoxy) is 2. The van der Waals surface area contributed by atoms with Gasteiger partial charge >= 0.3 is 5.97 Å². The molecule has 0 aromatic heterocycles. The molecule has 8 heteroatoms. The fourth-order valence-corrected chi connectivity index (χ4v) is 2.67. The van der Waals surface area contributed by atoms with Gasteiger partial charge in [0.15, 0.2) is 0 Å². The zero-order chi connectivity index (χ0) is 16.8. The zero-order valence-electron chi connectivity index (χ0n) is 12.9. The summed E-state index contributed by atoms with van der Waals surface area (Å²) in [6, 6.07) is 2.65. The Labute approximate surface area is 139 Å². The third-order valence-corrected chi connectivity index (χ3v) is 3.82. The largest absolute Gasteiger partial charge is 0.462 e. The van der Waals surface area contributed by atoms with Crippen LogP contribution < -0.4 is 4.90 Å². The topological polar surface area (TPSA) is 81.9 Å². The Morgan fingerprint density at radius 1 is 1.43 bits per heavy atom. The van der Waals surface area contributed by atoms with Crippen LogP contribution in [0.15, 0.2) is 12.1 Å². The lowest BCUT2D eigenvalue weighted by molar-refractivity contribution is -0.384. The maximum Gasteiger partial charge on any atom is 0.338 e. The minimum Gasteiger partial charge on any atom is -0.462 e. The first-order valence-corrected chi connectivity index (χ1v) is 7.90. The zero-order valence-corrected chi connectivity index (χ0v) is 13.7. The average Bonchev–Trinajstić information content (AvgIpc) is 2.54. The molecule has 1 aromatic rings. The van der Waals surface area contributed by atoms with Crippen LogP contribution in [0.1, 0.15) is 30.1 Å². The number of nitro benzene ring substituents is 1. The van der Waals surface area contributed by atoms with Crippen molar-refractivity contribution in [2.75, 3.05) is 37.8 Å². The predicted molar refractivity (Wildman–Crippen MR) is 86.3 cm³/mol. The van der Waals surface area contributed by atoms with Crippen LogP contribution in [0.4, 0.5) is 11.4 Å². The van der Waals surface area contributed by atoms with Gasteiger partial charge < -0.3 is 14.4 Å². The van der Waals surface area contributed by atoms with Gasteiger partial charge in [0.2, 0.25) is 0 Å². The number of nitrogens with zero attached hydrogens (tertiary/aromatic N) is 2. The molecule has 0 spiro atoms. The molecule has 0 radical (unpaired) electrons. The van der Waals surface area contributed by atoms with Gasteiger partial charge in [-0.05, 0) is 12.5 Å². The molecule has 1 fully saturated rings. The quantitative estimate of drug-likeness (QED) is 0.342. The van der Waals surface area contributed by atoms with Gasteiger partial charge in [-0.25, -0.2) is 4.79 Å². The molecular formula is C15H19ClN2O5. The van der Waals surface area contributed by atoms with Gasteiger partial charge in [-0.15, -0.1) is 0 Å². The van der Waals surface area contributed by atoms with Crippen LogP contribution in [0.2, 0.25) is 5.02 Å². The van der Waals surface area contributed by atoms with Crippen LogP contribution in [-0.2, 0) is 9.47 Å². The highest BCUT2D eigenvalue weighted by atomic mass is 35.5. The molecule has 1 heterocycles. The molecular weight excluding hydrogens is 324 g/mol. The number of rotatable bonds is 6. The molecule has 0 atom stereocenters. The van der Waals surface area contributed by atoms with Gasteiger partial charge in [0.05, 0.1) is 35.3 Å². The normalized spacial score (nSPS) is 14.6. The SMILES string of the molecule is CCCCOC(=O)c1cc(Cl)c(N2CCOCC2)c([N+](=O)[O-])c1. The van der Waals surface area contributed by atoms with Crippen molar-refractivity contribution >= 4 is 28.9 Å². The molecule has 0 bridgehead atoms. The highest BCUT2D eigenvalue weighted by Gasteiger charge is 2.27. The van der Waals surface area contributed by atoms with E-state index >= 15 is 0 Å². The van der Waals surface area contributed by atoms with Crippen LogP contribution >= 0.6 is 11.6 Å². The number of nitro groups is 1. The highest BCUT2D eigenvalue weighted by molar-refractivity contribution is 6.34. The molecule has 7 nitrogen and oxygen atoms in total. The van der Waals surface area contributed by atoms with Crippen molar-refractivity contribution < 1.29 is 19.2 Å². The summed E-state index contributed by atoms with van der Waals surface area (Å²) in [5.41, 5.74) is 0.224. The molecule has 0 unspecified atom stereocenters. The van der Waals surface area contributed by atoms with Crippen molar-refractivity contribution in [3.63, 3.8) is 0 Å². The Kier molecular flexibility index (Phi) is 6.18. The third-order valence-electron chi connectivity index (χ3n) is 3.53. The van der Waals surface area contributed by atoms with Gasteiger partial charge in [0.1, 0.15) is 5.69 Å². The van der Waals surface area contributed by atoms with E-state index in [1.54, 1.807) is 4.90 Å². The summed E-state index contributed by atoms with van der Waals surface area (Å²) in [6.07, 6.45) is 1.64. The van der Waals surface area contributed by atoms with Crippen molar-refractivity contribution in [3.8, 4) is 0 Å². The second-order valence-corrected chi connectivity index (χ2v) is 5.58. The number of hydrogen-bond acceptors (Lipinski definition) is 6. The van der Waals surface area contributed by atoms with Crippen LogP contribution in [0.3, 0.4) is 0 Å². The Balaban J connectivity index is 2.30. The maximum atomic E-state index is 12.0. The van der Waals surface area contributed by atoms with Gasteiger partial charge in [-0.1, -0.05) is 24.9 Å². The highest BCUT2D eigenvalue weighted by Crippen LogP contribution is 2.37. The summed E-state index contributed by atoms with van der Waals surface area (Å²) in [5.74, 6) is -0.600. The number of benzene rings is 1. The molecule has 23 heavy (non-hydrogen) atoms. The molecule has 0 saturated carbocycles. The van der Waals surface area contributed by atoms with Crippen molar-refractivity contribution in [3.05, 3.63) is 32.8 Å². The molecule has 0 amide bonds. The molecule has 0 N–H and O–H groups in total. The molecule has 0 aliphatic carbocycles. The molecule has 1 aliphatic heterocycles. The third kappa shape index (κ3) is 4.33. The number of anilines is 1. The van der Waals surface area contributed by atoms with Crippen molar-refractivity contribution in [1.82, 2.24) is 0 Å². The van der Waals surface area contributed by atoms with Gasteiger partial charge in [0.25, 0.3) is 5.69 Å². The number of carbonyl (C=O) groups is 1. The number of carbonyl (C=O) groups excluding carboxylic acids is 1. The van der Waals surface area contributed by atoms with Gasteiger partial charge in [-0.2, -0.15) is 0 Å².